The van der Waals surface area contributed by atoms with Gasteiger partial charge in [0.15, 0.2) is 0 Å². The van der Waals surface area contributed by atoms with Crippen LogP contribution in [-0.2, 0) is 4.79 Å². The zero-order valence-corrected chi connectivity index (χ0v) is 11.7. The van der Waals surface area contributed by atoms with Crippen LogP contribution in [0.1, 0.15) is 65.2 Å². The van der Waals surface area contributed by atoms with E-state index in [9.17, 15) is 4.79 Å². The molecule has 0 bridgehead atoms. The molecule has 0 spiro atoms. The largest absolute Gasteiger partial charge is 0.481 e. The van der Waals surface area contributed by atoms with Crippen molar-refractivity contribution in [2.75, 3.05) is 0 Å². The molecule has 2 fully saturated rings. The summed E-state index contributed by atoms with van der Waals surface area (Å²) in [7, 11) is 0. The number of nitrogens with one attached hydrogen (secondary N) is 1. The van der Waals surface area contributed by atoms with Gasteiger partial charge in [-0.05, 0) is 50.4 Å². The first-order valence-corrected chi connectivity index (χ1v) is 7.45. The molecule has 0 amide bonds. The van der Waals surface area contributed by atoms with Gasteiger partial charge in [0.2, 0.25) is 0 Å². The zero-order chi connectivity index (χ0) is 13.2. The van der Waals surface area contributed by atoms with E-state index in [2.05, 4.69) is 19.2 Å². The summed E-state index contributed by atoms with van der Waals surface area (Å²) in [5.41, 5.74) is 0.480. The Kier molecular flexibility index (Phi) is 4.31. The fourth-order valence-electron chi connectivity index (χ4n) is 3.68. The number of hydrogen-bond donors (Lipinski definition) is 2. The van der Waals surface area contributed by atoms with Crippen molar-refractivity contribution in [1.29, 1.82) is 0 Å². The Morgan fingerprint density at radius 3 is 2.33 bits per heavy atom. The van der Waals surface area contributed by atoms with Crippen molar-refractivity contribution in [3.8, 4) is 0 Å². The van der Waals surface area contributed by atoms with E-state index in [1.807, 2.05) is 0 Å². The first-order valence-electron chi connectivity index (χ1n) is 7.45. The van der Waals surface area contributed by atoms with Crippen LogP contribution in [0.3, 0.4) is 0 Å². The molecule has 0 aromatic carbocycles. The van der Waals surface area contributed by atoms with Gasteiger partial charge in [-0.2, -0.15) is 0 Å². The molecule has 0 heterocycles. The van der Waals surface area contributed by atoms with Gasteiger partial charge in [0, 0.05) is 12.1 Å². The predicted molar refractivity (Wildman–Crippen MR) is 72.6 cm³/mol. The Morgan fingerprint density at radius 2 is 1.78 bits per heavy atom. The maximum absolute atomic E-state index is 10.9. The summed E-state index contributed by atoms with van der Waals surface area (Å²) < 4.78 is 0. The summed E-state index contributed by atoms with van der Waals surface area (Å²) in [6.45, 7) is 4.73. The first-order chi connectivity index (χ1) is 8.46. The Labute approximate surface area is 110 Å². The minimum Gasteiger partial charge on any atom is -0.481 e. The van der Waals surface area contributed by atoms with E-state index in [4.69, 9.17) is 5.11 Å². The molecular formula is C15H27NO2. The van der Waals surface area contributed by atoms with Crippen molar-refractivity contribution in [2.45, 2.75) is 77.3 Å². The lowest BCUT2D eigenvalue weighted by molar-refractivity contribution is -0.142. The van der Waals surface area contributed by atoms with Crippen LogP contribution >= 0.6 is 0 Å². The minimum absolute atomic E-state index is 0.0918. The van der Waals surface area contributed by atoms with Gasteiger partial charge in [0.25, 0.3) is 0 Å². The summed E-state index contributed by atoms with van der Waals surface area (Å²) in [6, 6.07) is 1.21. The first kappa shape index (κ1) is 13.9. The summed E-state index contributed by atoms with van der Waals surface area (Å²) in [5.74, 6) is -0.696. The monoisotopic (exact) mass is 253 g/mol. The smallest absolute Gasteiger partial charge is 0.306 e. The maximum Gasteiger partial charge on any atom is 0.306 e. The topological polar surface area (TPSA) is 49.3 Å². The van der Waals surface area contributed by atoms with Crippen LogP contribution in [0.5, 0.6) is 0 Å². The third-order valence-electron chi connectivity index (χ3n) is 4.75. The van der Waals surface area contributed by atoms with Crippen molar-refractivity contribution < 1.29 is 9.90 Å². The van der Waals surface area contributed by atoms with E-state index < -0.39 is 5.97 Å². The van der Waals surface area contributed by atoms with Gasteiger partial charge in [0.05, 0.1) is 5.92 Å². The highest BCUT2D eigenvalue weighted by Crippen LogP contribution is 2.36. The molecule has 2 aliphatic carbocycles. The normalized spacial score (nSPS) is 36.2. The van der Waals surface area contributed by atoms with Gasteiger partial charge in [0.1, 0.15) is 0 Å². The van der Waals surface area contributed by atoms with Crippen molar-refractivity contribution in [1.82, 2.24) is 5.32 Å². The maximum atomic E-state index is 10.9. The molecule has 0 aromatic rings. The number of carboxylic acids is 1. The van der Waals surface area contributed by atoms with Gasteiger partial charge >= 0.3 is 5.97 Å². The quantitative estimate of drug-likeness (QED) is 0.812. The van der Waals surface area contributed by atoms with Gasteiger partial charge in [-0.3, -0.25) is 4.79 Å². The second-order valence-electron chi connectivity index (χ2n) is 7.01. The molecule has 2 aliphatic rings. The van der Waals surface area contributed by atoms with Crippen LogP contribution in [0.25, 0.3) is 0 Å². The molecule has 3 heteroatoms. The summed E-state index contributed by atoms with van der Waals surface area (Å²) in [6.07, 6.45) is 9.01. The standard InChI is InChI=1S/C15H27NO2/c1-15(2)9-3-4-13(10-15)16-12-7-5-11(6-8-12)14(17)18/h11-13,16H,3-10H2,1-2H3,(H,17,18). The van der Waals surface area contributed by atoms with E-state index >= 15 is 0 Å². The van der Waals surface area contributed by atoms with E-state index in [1.165, 1.54) is 25.7 Å². The average Bonchev–Trinajstić information content (AvgIpc) is 2.28. The number of aliphatic carboxylic acids is 1. The highest BCUT2D eigenvalue weighted by molar-refractivity contribution is 5.70. The van der Waals surface area contributed by atoms with Crippen LogP contribution in [-0.4, -0.2) is 23.2 Å². The Balaban J connectivity index is 1.76. The molecule has 0 saturated heterocycles. The highest BCUT2D eigenvalue weighted by Gasteiger charge is 2.31. The lowest BCUT2D eigenvalue weighted by Gasteiger charge is -2.38. The van der Waals surface area contributed by atoms with Crippen molar-refractivity contribution in [3.05, 3.63) is 0 Å². The average molecular weight is 253 g/mol. The number of hydrogen-bond acceptors (Lipinski definition) is 2. The van der Waals surface area contributed by atoms with Crippen LogP contribution in [0, 0.1) is 11.3 Å². The molecule has 18 heavy (non-hydrogen) atoms. The number of carbonyl (C=O) groups is 1. The summed E-state index contributed by atoms with van der Waals surface area (Å²) in [4.78, 5) is 10.9. The second kappa shape index (κ2) is 5.60. The molecule has 0 aliphatic heterocycles. The Hall–Kier alpha value is -0.570. The third kappa shape index (κ3) is 3.71. The van der Waals surface area contributed by atoms with Gasteiger partial charge in [-0.15, -0.1) is 0 Å². The van der Waals surface area contributed by atoms with E-state index in [0.29, 0.717) is 17.5 Å². The SMILES string of the molecule is CC1(C)CCCC(NC2CCC(C(=O)O)CC2)C1. The Morgan fingerprint density at radius 1 is 1.11 bits per heavy atom. The van der Waals surface area contributed by atoms with Gasteiger partial charge in [-0.25, -0.2) is 0 Å². The second-order valence-corrected chi connectivity index (χ2v) is 7.01. The zero-order valence-electron chi connectivity index (χ0n) is 11.7. The van der Waals surface area contributed by atoms with Gasteiger partial charge in [-0.1, -0.05) is 20.3 Å². The molecule has 2 N–H and O–H groups in total. The van der Waals surface area contributed by atoms with Crippen LogP contribution in [0.4, 0.5) is 0 Å². The van der Waals surface area contributed by atoms with Crippen molar-refractivity contribution in [2.24, 2.45) is 11.3 Å². The Bertz CT molecular complexity index is 293. The number of rotatable bonds is 3. The molecule has 0 aromatic heterocycles. The minimum atomic E-state index is -0.604. The third-order valence-corrected chi connectivity index (χ3v) is 4.75. The molecular weight excluding hydrogens is 226 g/mol. The highest BCUT2D eigenvalue weighted by atomic mass is 16.4. The van der Waals surface area contributed by atoms with E-state index in [-0.39, 0.29) is 5.92 Å². The fourth-order valence-corrected chi connectivity index (χ4v) is 3.68. The molecule has 104 valence electrons. The fraction of sp³-hybridized carbons (Fsp3) is 0.933. The molecule has 2 rings (SSSR count). The molecule has 3 nitrogen and oxygen atoms in total. The van der Waals surface area contributed by atoms with Crippen LogP contribution in [0.2, 0.25) is 0 Å². The lowest BCUT2D eigenvalue weighted by Crippen LogP contribution is -2.44. The predicted octanol–water partition coefficient (Wildman–Crippen LogP) is 3.19. The van der Waals surface area contributed by atoms with E-state index in [1.54, 1.807) is 0 Å². The molecule has 0 radical (unpaired) electrons. The van der Waals surface area contributed by atoms with E-state index in [0.717, 1.165) is 25.7 Å². The van der Waals surface area contributed by atoms with Crippen molar-refractivity contribution in [3.63, 3.8) is 0 Å². The molecule has 2 saturated carbocycles. The molecule has 1 unspecified atom stereocenters. The van der Waals surface area contributed by atoms with Gasteiger partial charge < -0.3 is 10.4 Å². The van der Waals surface area contributed by atoms with Crippen LogP contribution < -0.4 is 5.32 Å². The van der Waals surface area contributed by atoms with Crippen LogP contribution in [0.15, 0.2) is 0 Å². The molecule has 1 atom stereocenters. The summed E-state index contributed by atoms with van der Waals surface area (Å²) >= 11 is 0. The summed E-state index contributed by atoms with van der Waals surface area (Å²) in [5, 5.41) is 12.8. The van der Waals surface area contributed by atoms with Crippen molar-refractivity contribution >= 4 is 5.97 Å². The number of carboxylic acid groups (broad SMARTS) is 1. The lowest BCUT2D eigenvalue weighted by atomic mass is 9.74.